The fraction of sp³-hybridized carbons (Fsp3) is 0.533. The largest absolute Gasteiger partial charge is 0.490 e. The molecule has 19 heavy (non-hydrogen) atoms. The summed E-state index contributed by atoms with van der Waals surface area (Å²) in [5.74, 6) is 0.148. The van der Waals surface area contributed by atoms with Crippen LogP contribution >= 0.6 is 0 Å². The lowest BCUT2D eigenvalue weighted by atomic mass is 10.2. The van der Waals surface area contributed by atoms with Gasteiger partial charge in [-0.05, 0) is 43.4 Å². The maximum atomic E-state index is 10.4. The summed E-state index contributed by atoms with van der Waals surface area (Å²) in [6.07, 6.45) is 5.36. The minimum absolute atomic E-state index is 0.151. The Morgan fingerprint density at radius 1 is 1.37 bits per heavy atom. The van der Waals surface area contributed by atoms with Crippen molar-refractivity contribution in [3.8, 4) is 5.75 Å². The lowest BCUT2D eigenvalue weighted by Gasteiger charge is -2.14. The molecule has 0 bridgehead atoms. The molecule has 0 aliphatic heterocycles. The smallest absolute Gasteiger partial charge is 0.304 e. The van der Waals surface area contributed by atoms with Gasteiger partial charge in [0.25, 0.3) is 0 Å². The Bertz CT molecular complexity index is 414. The first-order valence-corrected chi connectivity index (χ1v) is 6.92. The zero-order valence-corrected chi connectivity index (χ0v) is 11.1. The van der Waals surface area contributed by atoms with Crippen molar-refractivity contribution in [2.24, 2.45) is 0 Å². The molecule has 2 N–H and O–H groups in total. The second-order valence-electron chi connectivity index (χ2n) is 4.99. The van der Waals surface area contributed by atoms with Crippen molar-refractivity contribution in [1.82, 2.24) is 5.32 Å². The van der Waals surface area contributed by atoms with Gasteiger partial charge in [0.15, 0.2) is 0 Å². The highest BCUT2D eigenvalue weighted by molar-refractivity contribution is 5.66. The molecule has 0 radical (unpaired) electrons. The number of carboxylic acids is 1. The number of carboxylic acid groups (broad SMARTS) is 1. The topological polar surface area (TPSA) is 58.6 Å². The van der Waals surface area contributed by atoms with Gasteiger partial charge < -0.3 is 15.2 Å². The molecular formula is C15H21NO3. The molecule has 4 heteroatoms. The van der Waals surface area contributed by atoms with E-state index >= 15 is 0 Å². The molecule has 1 saturated carbocycles. The Morgan fingerprint density at radius 2 is 2.16 bits per heavy atom. The van der Waals surface area contributed by atoms with Crippen molar-refractivity contribution in [3.05, 3.63) is 29.8 Å². The third kappa shape index (κ3) is 4.91. The average molecular weight is 263 g/mol. The zero-order valence-electron chi connectivity index (χ0n) is 11.1. The normalized spacial score (nSPS) is 15.6. The lowest BCUT2D eigenvalue weighted by molar-refractivity contribution is -0.136. The predicted molar refractivity (Wildman–Crippen MR) is 73.3 cm³/mol. The highest BCUT2D eigenvalue weighted by atomic mass is 16.5. The molecule has 104 valence electrons. The SMILES string of the molecule is O=C(O)CCNCc1cccc(OC2CCCC2)c1. The fourth-order valence-corrected chi connectivity index (χ4v) is 2.36. The Kier molecular flexibility index (Phi) is 5.21. The molecule has 0 heterocycles. The standard InChI is InChI=1S/C15H21NO3/c17-15(18)8-9-16-11-12-4-3-7-14(10-12)19-13-5-1-2-6-13/h3-4,7,10,13,16H,1-2,5-6,8-9,11H2,(H,17,18). The van der Waals surface area contributed by atoms with Crippen molar-refractivity contribution >= 4 is 5.97 Å². The molecule has 1 fully saturated rings. The van der Waals surface area contributed by atoms with Crippen LogP contribution in [0.5, 0.6) is 5.75 Å². The van der Waals surface area contributed by atoms with E-state index in [-0.39, 0.29) is 6.42 Å². The van der Waals surface area contributed by atoms with Gasteiger partial charge in [-0.15, -0.1) is 0 Å². The van der Waals surface area contributed by atoms with Crippen LogP contribution in [-0.4, -0.2) is 23.7 Å². The van der Waals surface area contributed by atoms with Gasteiger partial charge in [0.05, 0.1) is 12.5 Å². The van der Waals surface area contributed by atoms with E-state index in [1.807, 2.05) is 24.3 Å². The Balaban J connectivity index is 1.79. The quantitative estimate of drug-likeness (QED) is 0.742. The number of hydrogen-bond acceptors (Lipinski definition) is 3. The maximum absolute atomic E-state index is 10.4. The summed E-state index contributed by atoms with van der Waals surface area (Å²) in [6, 6.07) is 8.03. The van der Waals surface area contributed by atoms with Crippen LogP contribution < -0.4 is 10.1 Å². The fourth-order valence-electron chi connectivity index (χ4n) is 2.36. The van der Waals surface area contributed by atoms with Gasteiger partial charge in [-0.1, -0.05) is 12.1 Å². The minimum atomic E-state index is -0.772. The summed E-state index contributed by atoms with van der Waals surface area (Å²) in [6.45, 7) is 1.16. The first-order valence-electron chi connectivity index (χ1n) is 6.92. The van der Waals surface area contributed by atoms with E-state index in [9.17, 15) is 4.79 Å². The van der Waals surface area contributed by atoms with Crippen LogP contribution in [0.15, 0.2) is 24.3 Å². The highest BCUT2D eigenvalue weighted by Gasteiger charge is 2.16. The van der Waals surface area contributed by atoms with Crippen molar-refractivity contribution in [3.63, 3.8) is 0 Å². The summed E-state index contributed by atoms with van der Waals surface area (Å²) in [5.41, 5.74) is 1.13. The molecule has 0 aromatic heterocycles. The van der Waals surface area contributed by atoms with E-state index < -0.39 is 5.97 Å². The Hall–Kier alpha value is -1.55. The van der Waals surface area contributed by atoms with E-state index in [0.717, 1.165) is 24.2 Å². The molecule has 0 unspecified atom stereocenters. The van der Waals surface area contributed by atoms with E-state index in [0.29, 0.717) is 19.2 Å². The molecule has 1 aliphatic carbocycles. The van der Waals surface area contributed by atoms with E-state index in [1.165, 1.54) is 12.8 Å². The van der Waals surface area contributed by atoms with Crippen LogP contribution in [0.4, 0.5) is 0 Å². The number of benzene rings is 1. The van der Waals surface area contributed by atoms with Gasteiger partial charge in [0.1, 0.15) is 5.75 Å². The number of nitrogens with one attached hydrogen (secondary N) is 1. The molecule has 2 rings (SSSR count). The summed E-state index contributed by atoms with van der Waals surface area (Å²) < 4.78 is 5.94. The third-order valence-electron chi connectivity index (χ3n) is 3.35. The first-order chi connectivity index (χ1) is 9.24. The Morgan fingerprint density at radius 3 is 2.89 bits per heavy atom. The molecular weight excluding hydrogens is 242 g/mol. The molecule has 0 atom stereocenters. The monoisotopic (exact) mass is 263 g/mol. The van der Waals surface area contributed by atoms with E-state index in [1.54, 1.807) is 0 Å². The first kappa shape index (κ1) is 13.9. The average Bonchev–Trinajstić information content (AvgIpc) is 2.88. The van der Waals surface area contributed by atoms with Crippen molar-refractivity contribution in [2.75, 3.05) is 6.54 Å². The highest BCUT2D eigenvalue weighted by Crippen LogP contribution is 2.24. The molecule has 0 amide bonds. The Labute approximate surface area is 113 Å². The number of carbonyl (C=O) groups is 1. The van der Waals surface area contributed by atoms with E-state index in [2.05, 4.69) is 5.32 Å². The van der Waals surface area contributed by atoms with Crippen LogP contribution in [0.3, 0.4) is 0 Å². The lowest BCUT2D eigenvalue weighted by Crippen LogP contribution is -2.17. The van der Waals surface area contributed by atoms with Gasteiger partial charge in [-0.25, -0.2) is 0 Å². The number of ether oxygens (including phenoxy) is 1. The predicted octanol–water partition coefficient (Wildman–Crippen LogP) is 2.57. The summed E-state index contributed by atoms with van der Waals surface area (Å²) >= 11 is 0. The molecule has 0 spiro atoms. The second-order valence-corrected chi connectivity index (χ2v) is 4.99. The second kappa shape index (κ2) is 7.14. The maximum Gasteiger partial charge on any atom is 0.304 e. The molecule has 4 nitrogen and oxygen atoms in total. The van der Waals surface area contributed by atoms with Gasteiger partial charge in [-0.2, -0.15) is 0 Å². The van der Waals surface area contributed by atoms with Gasteiger partial charge in [-0.3, -0.25) is 4.79 Å². The van der Waals surface area contributed by atoms with Crippen LogP contribution in [-0.2, 0) is 11.3 Å². The molecule has 1 aliphatic rings. The molecule has 1 aromatic carbocycles. The van der Waals surface area contributed by atoms with Crippen LogP contribution in [0.25, 0.3) is 0 Å². The minimum Gasteiger partial charge on any atom is -0.490 e. The summed E-state index contributed by atoms with van der Waals surface area (Å²) in [7, 11) is 0. The summed E-state index contributed by atoms with van der Waals surface area (Å²) in [5, 5.41) is 11.7. The van der Waals surface area contributed by atoms with Crippen LogP contribution in [0.2, 0.25) is 0 Å². The van der Waals surface area contributed by atoms with Crippen molar-refractivity contribution in [2.45, 2.75) is 44.8 Å². The van der Waals surface area contributed by atoms with Gasteiger partial charge in [0.2, 0.25) is 0 Å². The molecule has 1 aromatic rings. The van der Waals surface area contributed by atoms with Crippen LogP contribution in [0, 0.1) is 0 Å². The number of rotatable bonds is 7. The van der Waals surface area contributed by atoms with Crippen molar-refractivity contribution in [1.29, 1.82) is 0 Å². The number of hydrogen-bond donors (Lipinski definition) is 2. The zero-order chi connectivity index (χ0) is 13.5. The third-order valence-corrected chi connectivity index (χ3v) is 3.35. The summed E-state index contributed by atoms with van der Waals surface area (Å²) in [4.78, 5) is 10.4. The van der Waals surface area contributed by atoms with Gasteiger partial charge >= 0.3 is 5.97 Å². The molecule has 0 saturated heterocycles. The van der Waals surface area contributed by atoms with Gasteiger partial charge in [0, 0.05) is 13.1 Å². The van der Waals surface area contributed by atoms with E-state index in [4.69, 9.17) is 9.84 Å². The van der Waals surface area contributed by atoms with Crippen LogP contribution in [0.1, 0.15) is 37.7 Å². The van der Waals surface area contributed by atoms with Crippen molar-refractivity contribution < 1.29 is 14.6 Å². The number of aliphatic carboxylic acids is 1.